The minimum Gasteiger partial charge on any atom is -0.392 e. The molecule has 9 heavy (non-hydrogen) atoms. The first-order chi connectivity index (χ1) is 3.70. The first-order valence-electron chi connectivity index (χ1n) is 2.20. The number of hydrogen-bond donors (Lipinski definition) is 1. The first-order valence-corrected chi connectivity index (χ1v) is 2.20. The second kappa shape index (κ2) is 3.04. The summed E-state index contributed by atoms with van der Waals surface area (Å²) in [6.45, 7) is 0. The van der Waals surface area contributed by atoms with Crippen LogP contribution in [0.1, 0.15) is 6.42 Å². The normalized spacial score (nSPS) is 25.2. The molecule has 0 unspecified atom stereocenters. The van der Waals surface area contributed by atoms with E-state index in [9.17, 15) is 9.59 Å². The van der Waals surface area contributed by atoms with E-state index in [0.29, 0.717) is 0 Å². The molecule has 46 valence electrons. The number of ether oxygens (including phenoxy) is 1. The van der Waals surface area contributed by atoms with Crippen LogP contribution in [0.2, 0.25) is 0 Å². The van der Waals surface area contributed by atoms with E-state index in [-0.39, 0.29) is 25.9 Å². The minimum absolute atomic E-state index is 0. The summed E-state index contributed by atoms with van der Waals surface area (Å²) in [7, 11) is 0. The molecule has 0 bridgehead atoms. The van der Waals surface area contributed by atoms with E-state index in [4.69, 9.17) is 5.73 Å². The average Bonchev–Trinajstić information content (AvgIpc) is 1.85. The molecule has 0 aromatic rings. The van der Waals surface area contributed by atoms with Crippen LogP contribution in [0, 0.1) is 0 Å². The molecular formula is C4H5NO3Zn. The van der Waals surface area contributed by atoms with E-state index in [2.05, 4.69) is 4.74 Å². The maximum Gasteiger partial charge on any atom is 0.331 e. The topological polar surface area (TPSA) is 69.4 Å². The van der Waals surface area contributed by atoms with Crippen LogP contribution in [0.3, 0.4) is 0 Å². The first kappa shape index (κ1) is 8.72. The van der Waals surface area contributed by atoms with Gasteiger partial charge in [-0.3, -0.25) is 4.79 Å². The molecule has 1 atom stereocenters. The fourth-order valence-corrected chi connectivity index (χ4v) is 0.492. The summed E-state index contributed by atoms with van der Waals surface area (Å²) in [5.41, 5.74) is 5.07. The third kappa shape index (κ3) is 1.84. The Kier molecular flexibility index (Phi) is 2.94. The molecule has 0 aromatic carbocycles. The van der Waals surface area contributed by atoms with E-state index in [0.717, 1.165) is 0 Å². The second-order valence-corrected chi connectivity index (χ2v) is 1.60. The Morgan fingerprint density at radius 3 is 2.22 bits per heavy atom. The molecule has 0 aliphatic carbocycles. The number of rotatable bonds is 0. The van der Waals surface area contributed by atoms with Gasteiger partial charge in [0.05, 0.1) is 6.42 Å². The van der Waals surface area contributed by atoms with Crippen LogP contribution in [0.25, 0.3) is 0 Å². The maximum absolute atomic E-state index is 10.2. The summed E-state index contributed by atoms with van der Waals surface area (Å²) in [6, 6.07) is -0.720. The van der Waals surface area contributed by atoms with Gasteiger partial charge in [0.1, 0.15) is 6.04 Å². The molecule has 1 saturated heterocycles. The van der Waals surface area contributed by atoms with Gasteiger partial charge in [0.2, 0.25) is 0 Å². The predicted octanol–water partition coefficient (Wildman–Crippen LogP) is -1.22. The molecule has 1 heterocycles. The molecule has 4 nitrogen and oxygen atoms in total. The van der Waals surface area contributed by atoms with Crippen LogP contribution in [-0.2, 0) is 33.8 Å². The van der Waals surface area contributed by atoms with Crippen LogP contribution in [0.15, 0.2) is 0 Å². The summed E-state index contributed by atoms with van der Waals surface area (Å²) < 4.78 is 4.07. The zero-order chi connectivity index (χ0) is 6.15. The Morgan fingerprint density at radius 1 is 1.56 bits per heavy atom. The quantitative estimate of drug-likeness (QED) is 0.288. The van der Waals surface area contributed by atoms with Crippen LogP contribution in [0.4, 0.5) is 0 Å². The third-order valence-electron chi connectivity index (χ3n) is 0.904. The van der Waals surface area contributed by atoms with E-state index in [1.807, 2.05) is 0 Å². The van der Waals surface area contributed by atoms with Gasteiger partial charge in [-0.2, -0.15) is 0 Å². The summed E-state index contributed by atoms with van der Waals surface area (Å²) in [5, 5.41) is 0. The molecule has 0 aromatic heterocycles. The van der Waals surface area contributed by atoms with Crippen molar-refractivity contribution in [2.24, 2.45) is 5.73 Å². The zero-order valence-electron chi connectivity index (χ0n) is 4.79. The van der Waals surface area contributed by atoms with E-state index in [1.54, 1.807) is 0 Å². The Bertz CT molecular complexity index is 147. The van der Waals surface area contributed by atoms with Crippen molar-refractivity contribution in [3.05, 3.63) is 0 Å². The van der Waals surface area contributed by atoms with Crippen LogP contribution in [-0.4, -0.2) is 18.0 Å². The van der Waals surface area contributed by atoms with Gasteiger partial charge in [-0.1, -0.05) is 0 Å². The molecular weight excluding hydrogens is 175 g/mol. The number of esters is 2. The third-order valence-corrected chi connectivity index (χ3v) is 0.904. The number of hydrogen-bond acceptors (Lipinski definition) is 4. The molecule has 1 aliphatic rings. The van der Waals surface area contributed by atoms with Crippen molar-refractivity contribution in [3.63, 3.8) is 0 Å². The summed E-state index contributed by atoms with van der Waals surface area (Å²) in [5.74, 6) is -1.14. The molecule has 0 radical (unpaired) electrons. The minimum atomic E-state index is -0.720. The monoisotopic (exact) mass is 179 g/mol. The van der Waals surface area contributed by atoms with E-state index in [1.165, 1.54) is 0 Å². The summed E-state index contributed by atoms with van der Waals surface area (Å²) in [4.78, 5) is 20.4. The molecule has 5 heteroatoms. The fraction of sp³-hybridized carbons (Fsp3) is 0.500. The van der Waals surface area contributed by atoms with Crippen molar-refractivity contribution < 1.29 is 33.8 Å². The fourth-order valence-electron chi connectivity index (χ4n) is 0.492. The number of cyclic esters (lactones) is 2. The molecule has 0 amide bonds. The maximum atomic E-state index is 10.2. The van der Waals surface area contributed by atoms with Crippen molar-refractivity contribution in [1.29, 1.82) is 0 Å². The summed E-state index contributed by atoms with van der Waals surface area (Å²) >= 11 is 0. The molecule has 0 saturated carbocycles. The van der Waals surface area contributed by atoms with Crippen LogP contribution >= 0.6 is 0 Å². The van der Waals surface area contributed by atoms with Crippen molar-refractivity contribution in [2.75, 3.05) is 0 Å². The van der Waals surface area contributed by atoms with Crippen molar-refractivity contribution in [1.82, 2.24) is 0 Å². The Balaban J connectivity index is 0.000000640. The van der Waals surface area contributed by atoms with Gasteiger partial charge >= 0.3 is 11.9 Å². The Labute approximate surface area is 64.5 Å². The van der Waals surface area contributed by atoms with Gasteiger partial charge in [0.15, 0.2) is 0 Å². The number of carbonyl (C=O) groups is 2. The molecule has 0 spiro atoms. The molecule has 1 fully saturated rings. The second-order valence-electron chi connectivity index (χ2n) is 1.60. The Hall–Kier alpha value is -0.277. The molecule has 1 rings (SSSR count). The SMILES string of the molecule is N[C@H]1CC(=O)OC1=O.[Zn]. The summed E-state index contributed by atoms with van der Waals surface area (Å²) in [6.07, 6.45) is 0.0266. The van der Waals surface area contributed by atoms with Gasteiger partial charge in [-0.05, 0) is 0 Å². The zero-order valence-corrected chi connectivity index (χ0v) is 7.76. The van der Waals surface area contributed by atoms with E-state index >= 15 is 0 Å². The predicted molar refractivity (Wildman–Crippen MR) is 23.7 cm³/mol. The van der Waals surface area contributed by atoms with Gasteiger partial charge < -0.3 is 10.5 Å². The largest absolute Gasteiger partial charge is 0.392 e. The standard InChI is InChI=1S/C4H5NO3.Zn/c5-2-1-3(6)8-4(2)7;/h2H,1,5H2;/t2-;/m0./s1. The van der Waals surface area contributed by atoms with Crippen LogP contribution < -0.4 is 5.73 Å². The average molecular weight is 180 g/mol. The number of carbonyl (C=O) groups excluding carboxylic acids is 2. The van der Waals surface area contributed by atoms with Gasteiger partial charge in [0.25, 0.3) is 0 Å². The van der Waals surface area contributed by atoms with E-state index < -0.39 is 18.0 Å². The molecule has 2 N–H and O–H groups in total. The Morgan fingerprint density at radius 2 is 2.11 bits per heavy atom. The smallest absolute Gasteiger partial charge is 0.331 e. The molecule has 1 aliphatic heterocycles. The van der Waals surface area contributed by atoms with Crippen molar-refractivity contribution >= 4 is 11.9 Å². The van der Waals surface area contributed by atoms with Gasteiger partial charge in [-0.15, -0.1) is 0 Å². The van der Waals surface area contributed by atoms with Gasteiger partial charge in [-0.25, -0.2) is 4.79 Å². The van der Waals surface area contributed by atoms with Crippen molar-refractivity contribution in [3.8, 4) is 0 Å². The number of nitrogens with two attached hydrogens (primary N) is 1. The van der Waals surface area contributed by atoms with Gasteiger partial charge in [0, 0.05) is 19.5 Å². The van der Waals surface area contributed by atoms with Crippen molar-refractivity contribution in [2.45, 2.75) is 12.5 Å². The van der Waals surface area contributed by atoms with Crippen LogP contribution in [0.5, 0.6) is 0 Å².